The Morgan fingerprint density at radius 1 is 0.786 bits per heavy atom. The largest absolute Gasteiger partial charge is 0.500 e. The zero-order valence-corrected chi connectivity index (χ0v) is 19.4. The van der Waals surface area contributed by atoms with Crippen molar-refractivity contribution in [3.05, 3.63) is 11.6 Å². The number of carboxylic acid groups (broad SMARTS) is 1. The lowest BCUT2D eigenvalue weighted by atomic mass is 10.1. The first-order valence-electron chi connectivity index (χ1n) is 8.69. The van der Waals surface area contributed by atoms with Gasteiger partial charge in [0.15, 0.2) is 0 Å². The molecule has 0 fully saturated rings. The Bertz CT molecular complexity index is 487. The fourth-order valence-corrected chi connectivity index (χ4v) is 5.95. The molecule has 12 heteroatoms. The normalized spacial score (nSPS) is 12.9. The summed E-state index contributed by atoms with van der Waals surface area (Å²) in [7, 11) is 3.46. The smallest absolute Gasteiger partial charge is 0.478 e. The van der Waals surface area contributed by atoms with E-state index in [4.69, 9.17) is 36.4 Å². The summed E-state index contributed by atoms with van der Waals surface area (Å²) in [6.07, 6.45) is 1.96. The van der Waals surface area contributed by atoms with Gasteiger partial charge in [0.25, 0.3) is 0 Å². The van der Waals surface area contributed by atoms with E-state index in [1.165, 1.54) is 42.7 Å². The zero-order chi connectivity index (χ0) is 21.6. The molecular weight excluding hydrogens is 408 g/mol. The molecule has 1 N–H and O–H groups in total. The minimum absolute atomic E-state index is 0.0624. The van der Waals surface area contributed by atoms with Gasteiger partial charge in [-0.2, -0.15) is 0 Å². The van der Waals surface area contributed by atoms with Crippen LogP contribution in [0.5, 0.6) is 0 Å². The van der Waals surface area contributed by atoms with Gasteiger partial charge in [-0.1, -0.05) is 0 Å². The maximum absolute atomic E-state index is 12.3. The van der Waals surface area contributed by atoms with E-state index in [0.717, 1.165) is 6.08 Å². The van der Waals surface area contributed by atoms with Crippen LogP contribution >= 0.6 is 0 Å². The number of aliphatic carboxylic acids is 1. The van der Waals surface area contributed by atoms with Crippen LogP contribution in [0.2, 0.25) is 12.1 Å². The van der Waals surface area contributed by atoms with Crippen LogP contribution in [-0.2, 0) is 40.9 Å². The number of carboxylic acids is 1. The van der Waals surface area contributed by atoms with Crippen LogP contribution in [0.25, 0.3) is 0 Å². The highest BCUT2D eigenvalue weighted by molar-refractivity contribution is 6.60. The average Bonchev–Trinajstić information content (AvgIpc) is 2.71. The molecule has 0 radical (unpaired) electrons. The Hall–Kier alpha value is -1.13. The second kappa shape index (κ2) is 14.0. The summed E-state index contributed by atoms with van der Waals surface area (Å²) >= 11 is 0. The Morgan fingerprint density at radius 2 is 1.21 bits per heavy atom. The number of ether oxygens (including phenoxy) is 1. The third kappa shape index (κ3) is 8.92. The molecule has 0 saturated carbocycles. The third-order valence-corrected chi connectivity index (χ3v) is 9.88. The molecule has 0 spiro atoms. The minimum atomic E-state index is -2.79. The van der Waals surface area contributed by atoms with Gasteiger partial charge >= 0.3 is 29.5 Å². The summed E-state index contributed by atoms with van der Waals surface area (Å²) in [6.45, 7) is 0.0908. The van der Waals surface area contributed by atoms with Crippen molar-refractivity contribution in [2.45, 2.75) is 31.4 Å². The van der Waals surface area contributed by atoms with Crippen LogP contribution < -0.4 is 0 Å². The summed E-state index contributed by atoms with van der Waals surface area (Å²) in [5.41, 5.74) is 0.0624. The van der Waals surface area contributed by atoms with E-state index in [1.54, 1.807) is 0 Å². The number of hydrogen-bond acceptors (Lipinski definition) is 9. The summed E-state index contributed by atoms with van der Waals surface area (Å²) < 4.78 is 37.0. The molecule has 0 bridgehead atoms. The number of carbonyl (C=O) groups excluding carboxylic acids is 1. The molecule has 10 nitrogen and oxygen atoms in total. The second-order valence-corrected chi connectivity index (χ2v) is 11.9. The van der Waals surface area contributed by atoms with Crippen molar-refractivity contribution in [2.24, 2.45) is 0 Å². The molecule has 0 amide bonds. The molecule has 0 rings (SSSR count). The van der Waals surface area contributed by atoms with E-state index in [1.807, 2.05) is 0 Å². The van der Waals surface area contributed by atoms with E-state index < -0.39 is 29.5 Å². The molecular formula is C16H32O10Si2. The Labute approximate surface area is 168 Å². The van der Waals surface area contributed by atoms with E-state index in [9.17, 15) is 9.59 Å². The van der Waals surface area contributed by atoms with Gasteiger partial charge in [-0.05, 0) is 19.3 Å². The Kier molecular flexibility index (Phi) is 13.4. The molecule has 28 heavy (non-hydrogen) atoms. The quantitative estimate of drug-likeness (QED) is 0.163. The number of hydrogen-bond donors (Lipinski definition) is 1. The summed E-state index contributed by atoms with van der Waals surface area (Å²) in [6, 6.07) is 0.899. The predicted molar refractivity (Wildman–Crippen MR) is 104 cm³/mol. The minimum Gasteiger partial charge on any atom is -0.478 e. The van der Waals surface area contributed by atoms with Crippen LogP contribution in [-0.4, -0.2) is 83.9 Å². The van der Waals surface area contributed by atoms with Gasteiger partial charge in [0.05, 0.1) is 6.61 Å². The Balaban J connectivity index is 4.70. The molecule has 0 saturated heterocycles. The molecule has 0 aromatic carbocycles. The first kappa shape index (κ1) is 26.9. The van der Waals surface area contributed by atoms with Crippen molar-refractivity contribution in [1.82, 2.24) is 0 Å². The van der Waals surface area contributed by atoms with Gasteiger partial charge in [0.1, 0.15) is 0 Å². The van der Waals surface area contributed by atoms with Crippen LogP contribution in [0.4, 0.5) is 0 Å². The van der Waals surface area contributed by atoms with Crippen LogP contribution in [0.1, 0.15) is 19.3 Å². The highest BCUT2D eigenvalue weighted by Gasteiger charge is 2.38. The standard InChI is InChI=1S/C16H32O10Si2/c1-20-27(21-2,22-3)11-7-9-14(13-15(17)18)16(19)26-10-8-12-28(23-4,24-5)25-6/h13H,7-12H2,1-6H3,(H,17,18). The van der Waals surface area contributed by atoms with E-state index in [0.29, 0.717) is 24.9 Å². The third-order valence-electron chi connectivity index (χ3n) is 4.22. The highest BCUT2D eigenvalue weighted by Crippen LogP contribution is 2.20. The van der Waals surface area contributed by atoms with E-state index in [-0.39, 0.29) is 18.6 Å². The molecule has 0 aliphatic rings. The maximum Gasteiger partial charge on any atom is 0.500 e. The van der Waals surface area contributed by atoms with Crippen molar-refractivity contribution >= 4 is 29.5 Å². The van der Waals surface area contributed by atoms with Crippen LogP contribution in [0.15, 0.2) is 11.6 Å². The molecule has 0 aromatic heterocycles. The number of carbonyl (C=O) groups is 2. The molecule has 0 atom stereocenters. The summed E-state index contributed by atoms with van der Waals surface area (Å²) in [4.78, 5) is 23.3. The fourth-order valence-electron chi connectivity index (χ4n) is 2.54. The second-order valence-electron chi connectivity index (χ2n) is 5.69. The molecule has 0 aliphatic carbocycles. The summed E-state index contributed by atoms with van der Waals surface area (Å²) in [5.74, 6) is -1.90. The molecule has 164 valence electrons. The molecule has 0 unspecified atom stereocenters. The maximum atomic E-state index is 12.3. The molecule has 0 aliphatic heterocycles. The lowest BCUT2D eigenvalue weighted by molar-refractivity contribution is -0.140. The fraction of sp³-hybridized carbons (Fsp3) is 0.750. The highest BCUT2D eigenvalue weighted by atomic mass is 28.4. The SMILES string of the molecule is CO[Si](CCCOC(=O)C(=CC(=O)O)CCC[Si](OC)(OC)OC)(OC)OC. The monoisotopic (exact) mass is 440 g/mol. The van der Waals surface area contributed by atoms with Crippen LogP contribution in [0.3, 0.4) is 0 Å². The van der Waals surface area contributed by atoms with Crippen molar-refractivity contribution in [2.75, 3.05) is 49.3 Å². The first-order chi connectivity index (χ1) is 13.3. The van der Waals surface area contributed by atoms with Gasteiger partial charge in [0.2, 0.25) is 0 Å². The van der Waals surface area contributed by atoms with Crippen molar-refractivity contribution < 1.29 is 46.0 Å². The van der Waals surface area contributed by atoms with Gasteiger partial charge in [-0.25, -0.2) is 9.59 Å². The Morgan fingerprint density at radius 3 is 1.61 bits per heavy atom. The topological polar surface area (TPSA) is 119 Å². The van der Waals surface area contributed by atoms with E-state index in [2.05, 4.69) is 0 Å². The van der Waals surface area contributed by atoms with Gasteiger partial charge in [-0.3, -0.25) is 0 Å². The predicted octanol–water partition coefficient (Wildman–Crippen LogP) is 1.47. The van der Waals surface area contributed by atoms with Crippen molar-refractivity contribution in [3.63, 3.8) is 0 Å². The average molecular weight is 441 g/mol. The molecule has 0 aromatic rings. The summed E-state index contributed by atoms with van der Waals surface area (Å²) in [5, 5.41) is 9.01. The molecule has 0 heterocycles. The lowest BCUT2D eigenvalue weighted by Gasteiger charge is -2.24. The van der Waals surface area contributed by atoms with Gasteiger partial charge in [-0.15, -0.1) is 0 Å². The van der Waals surface area contributed by atoms with Crippen molar-refractivity contribution in [3.8, 4) is 0 Å². The first-order valence-corrected chi connectivity index (χ1v) is 12.6. The van der Waals surface area contributed by atoms with Crippen LogP contribution in [0, 0.1) is 0 Å². The van der Waals surface area contributed by atoms with Crippen molar-refractivity contribution in [1.29, 1.82) is 0 Å². The van der Waals surface area contributed by atoms with E-state index >= 15 is 0 Å². The van der Waals surface area contributed by atoms with Gasteiger partial charge < -0.3 is 36.4 Å². The zero-order valence-electron chi connectivity index (χ0n) is 17.4. The number of rotatable bonds is 16. The number of esters is 1. The van der Waals surface area contributed by atoms with Gasteiger partial charge in [0, 0.05) is 66.4 Å². The lowest BCUT2D eigenvalue weighted by Crippen LogP contribution is -2.42.